The maximum Gasteiger partial charge on any atom is 0.242 e. The number of hydrogen-bond acceptors (Lipinski definition) is 6. The monoisotopic (exact) mass is 362 g/mol. The molecule has 24 heavy (non-hydrogen) atoms. The average molecular weight is 362 g/mol. The van der Waals surface area contributed by atoms with E-state index in [-0.39, 0.29) is 18.2 Å². The molecule has 0 aromatic carbocycles. The van der Waals surface area contributed by atoms with Gasteiger partial charge in [0.05, 0.1) is 5.56 Å². The summed E-state index contributed by atoms with van der Waals surface area (Å²) in [7, 11) is 3.29. The summed E-state index contributed by atoms with van der Waals surface area (Å²) >= 11 is 2.81. The van der Waals surface area contributed by atoms with E-state index >= 15 is 0 Å². The fraction of sp³-hybridized carbons (Fsp3) is 0.500. The van der Waals surface area contributed by atoms with E-state index in [0.717, 1.165) is 31.2 Å². The Labute approximate surface area is 148 Å². The molecule has 8 heteroatoms. The Kier molecular flexibility index (Phi) is 4.92. The average Bonchev–Trinajstić information content (AvgIpc) is 3.06. The van der Waals surface area contributed by atoms with Gasteiger partial charge in [-0.1, -0.05) is 11.8 Å². The Balaban J connectivity index is 1.71. The van der Waals surface area contributed by atoms with Gasteiger partial charge in [-0.2, -0.15) is 5.26 Å². The third-order valence-corrected chi connectivity index (χ3v) is 6.77. The molecule has 1 fully saturated rings. The number of amidine groups is 1. The molecule has 1 aromatic rings. The second-order valence-electron chi connectivity index (χ2n) is 5.79. The van der Waals surface area contributed by atoms with Crippen LogP contribution in [-0.4, -0.2) is 41.2 Å². The van der Waals surface area contributed by atoms with Crippen LogP contribution in [0.15, 0.2) is 4.99 Å². The van der Waals surface area contributed by atoms with Crippen molar-refractivity contribution in [3.8, 4) is 6.07 Å². The van der Waals surface area contributed by atoms with Crippen molar-refractivity contribution in [3.63, 3.8) is 0 Å². The molecule has 1 aliphatic carbocycles. The van der Waals surface area contributed by atoms with Crippen LogP contribution in [0.25, 0.3) is 0 Å². The van der Waals surface area contributed by atoms with Crippen LogP contribution in [0.4, 0.5) is 5.00 Å². The number of thiophene rings is 1. The lowest BCUT2D eigenvalue weighted by atomic mass is 9.96. The molecular weight excluding hydrogens is 344 g/mol. The Bertz CT molecular complexity index is 763. The first kappa shape index (κ1) is 17.0. The SMILES string of the molecule is CN=C1S[C@@H](CC(=O)Nc2sc3c(c2C#N)CCCC3)C(=O)N1C. The van der Waals surface area contributed by atoms with Crippen LogP contribution in [0.2, 0.25) is 0 Å². The second kappa shape index (κ2) is 6.95. The fourth-order valence-electron chi connectivity index (χ4n) is 3.02. The number of anilines is 1. The van der Waals surface area contributed by atoms with Crippen molar-refractivity contribution in [3.05, 3.63) is 16.0 Å². The highest BCUT2D eigenvalue weighted by Gasteiger charge is 2.36. The van der Waals surface area contributed by atoms with Crippen molar-refractivity contribution < 1.29 is 9.59 Å². The predicted molar refractivity (Wildman–Crippen MR) is 96.4 cm³/mol. The summed E-state index contributed by atoms with van der Waals surface area (Å²) in [6, 6.07) is 2.23. The number of amides is 2. The molecule has 0 spiro atoms. The maximum absolute atomic E-state index is 12.4. The molecule has 2 amide bonds. The van der Waals surface area contributed by atoms with Crippen molar-refractivity contribution >= 4 is 45.1 Å². The maximum atomic E-state index is 12.4. The first-order valence-electron chi connectivity index (χ1n) is 7.80. The number of aryl methyl sites for hydroxylation is 1. The van der Waals surface area contributed by atoms with E-state index in [4.69, 9.17) is 0 Å². The van der Waals surface area contributed by atoms with Crippen LogP contribution in [0, 0.1) is 11.3 Å². The lowest BCUT2D eigenvalue weighted by Crippen LogP contribution is -2.30. The number of aliphatic imine (C=N–C) groups is 1. The number of nitrogens with one attached hydrogen (secondary N) is 1. The van der Waals surface area contributed by atoms with Crippen molar-refractivity contribution in [1.29, 1.82) is 5.26 Å². The van der Waals surface area contributed by atoms with Crippen LogP contribution in [0.5, 0.6) is 0 Å². The number of thioether (sulfide) groups is 1. The Hall–Kier alpha value is -1.85. The molecule has 1 N–H and O–H groups in total. The normalized spacial score (nSPS) is 21.7. The van der Waals surface area contributed by atoms with Crippen molar-refractivity contribution in [2.45, 2.75) is 37.4 Å². The summed E-state index contributed by atoms with van der Waals surface area (Å²) in [6.45, 7) is 0. The Morgan fingerprint density at radius 1 is 1.46 bits per heavy atom. The standard InChI is InChI=1S/C16H18N4O2S2/c1-18-16-20(2)15(22)12(24-16)7-13(21)19-14-10(8-17)9-5-3-4-6-11(9)23-14/h12H,3-7H2,1-2H3,(H,19,21)/t12-/m0/s1. The molecule has 0 saturated carbocycles. The van der Waals surface area contributed by atoms with Gasteiger partial charge in [0, 0.05) is 25.4 Å². The highest BCUT2D eigenvalue weighted by atomic mass is 32.2. The molecule has 2 heterocycles. The van der Waals surface area contributed by atoms with Gasteiger partial charge in [-0.25, -0.2) is 0 Å². The van der Waals surface area contributed by atoms with E-state index in [1.54, 1.807) is 14.1 Å². The zero-order valence-corrected chi connectivity index (χ0v) is 15.2. The molecule has 1 aliphatic heterocycles. The van der Waals surface area contributed by atoms with E-state index in [1.165, 1.54) is 32.9 Å². The van der Waals surface area contributed by atoms with E-state index < -0.39 is 5.25 Å². The van der Waals surface area contributed by atoms with Gasteiger partial charge in [0.25, 0.3) is 0 Å². The third kappa shape index (κ3) is 3.06. The van der Waals surface area contributed by atoms with Crippen LogP contribution in [0.1, 0.15) is 35.3 Å². The molecular formula is C16H18N4O2S2. The second-order valence-corrected chi connectivity index (χ2v) is 8.06. The smallest absolute Gasteiger partial charge is 0.242 e. The van der Waals surface area contributed by atoms with Crippen molar-refractivity contribution in [2.24, 2.45) is 4.99 Å². The minimum absolute atomic E-state index is 0.0836. The van der Waals surface area contributed by atoms with Gasteiger partial charge < -0.3 is 5.32 Å². The van der Waals surface area contributed by atoms with Gasteiger partial charge in [0.2, 0.25) is 11.8 Å². The van der Waals surface area contributed by atoms with Crippen LogP contribution in [0.3, 0.4) is 0 Å². The highest BCUT2D eigenvalue weighted by molar-refractivity contribution is 8.15. The topological polar surface area (TPSA) is 85.6 Å². The van der Waals surface area contributed by atoms with Gasteiger partial charge >= 0.3 is 0 Å². The van der Waals surface area contributed by atoms with E-state index in [9.17, 15) is 14.9 Å². The molecule has 3 rings (SSSR count). The van der Waals surface area contributed by atoms with Crippen LogP contribution < -0.4 is 5.32 Å². The van der Waals surface area contributed by atoms with Gasteiger partial charge in [0.15, 0.2) is 5.17 Å². The number of rotatable bonds is 3. The molecule has 1 saturated heterocycles. The minimum atomic E-state index is -0.450. The molecule has 1 aromatic heterocycles. The molecule has 2 aliphatic rings. The molecule has 0 radical (unpaired) electrons. The van der Waals surface area contributed by atoms with Crippen LogP contribution >= 0.6 is 23.1 Å². The Morgan fingerprint density at radius 2 is 2.21 bits per heavy atom. The third-order valence-electron chi connectivity index (χ3n) is 4.24. The number of hydrogen-bond donors (Lipinski definition) is 1. The van der Waals surface area contributed by atoms with Crippen molar-refractivity contribution in [2.75, 3.05) is 19.4 Å². The highest BCUT2D eigenvalue weighted by Crippen LogP contribution is 2.38. The fourth-order valence-corrected chi connectivity index (χ4v) is 5.37. The predicted octanol–water partition coefficient (Wildman–Crippen LogP) is 2.39. The van der Waals surface area contributed by atoms with Gasteiger partial charge in [-0.15, -0.1) is 11.3 Å². The number of carbonyl (C=O) groups is 2. The Morgan fingerprint density at radius 3 is 2.88 bits per heavy atom. The van der Waals surface area contributed by atoms with Gasteiger partial charge in [-0.3, -0.25) is 19.5 Å². The van der Waals surface area contributed by atoms with E-state index in [0.29, 0.717) is 15.7 Å². The quantitative estimate of drug-likeness (QED) is 0.894. The van der Waals surface area contributed by atoms with Gasteiger partial charge in [0.1, 0.15) is 16.3 Å². The van der Waals surface area contributed by atoms with E-state index in [1.807, 2.05) is 0 Å². The summed E-state index contributed by atoms with van der Waals surface area (Å²) in [5.41, 5.74) is 1.69. The first-order valence-corrected chi connectivity index (χ1v) is 9.50. The van der Waals surface area contributed by atoms with Crippen LogP contribution in [-0.2, 0) is 22.4 Å². The summed E-state index contributed by atoms with van der Waals surface area (Å²) in [4.78, 5) is 31.2. The summed E-state index contributed by atoms with van der Waals surface area (Å²) < 4.78 is 0. The van der Waals surface area contributed by atoms with Gasteiger partial charge in [-0.05, 0) is 31.2 Å². The number of nitrogens with zero attached hydrogens (tertiary/aromatic N) is 3. The van der Waals surface area contributed by atoms with E-state index in [2.05, 4.69) is 16.4 Å². The summed E-state index contributed by atoms with van der Waals surface area (Å²) in [6.07, 6.45) is 4.18. The lowest BCUT2D eigenvalue weighted by Gasteiger charge is -2.09. The largest absolute Gasteiger partial charge is 0.317 e. The molecule has 0 bridgehead atoms. The molecule has 126 valence electrons. The molecule has 1 atom stereocenters. The molecule has 6 nitrogen and oxygen atoms in total. The number of carbonyl (C=O) groups excluding carboxylic acids is 2. The summed E-state index contributed by atoms with van der Waals surface area (Å²) in [5, 5.41) is 13.1. The summed E-state index contributed by atoms with van der Waals surface area (Å²) in [5.74, 6) is -0.344. The molecule has 0 unspecified atom stereocenters. The lowest BCUT2D eigenvalue weighted by molar-refractivity contribution is -0.127. The number of nitriles is 1. The first-order chi connectivity index (χ1) is 11.5. The zero-order chi connectivity index (χ0) is 17.3. The minimum Gasteiger partial charge on any atom is -0.317 e. The number of fused-ring (bicyclic) bond motifs is 1. The van der Waals surface area contributed by atoms with Crippen molar-refractivity contribution in [1.82, 2.24) is 4.90 Å². The zero-order valence-electron chi connectivity index (χ0n) is 13.6.